The van der Waals surface area contributed by atoms with Gasteiger partial charge in [-0.15, -0.1) is 0 Å². The zero-order valence-electron chi connectivity index (χ0n) is 16.0. The fraction of sp³-hybridized carbons (Fsp3) is 0.333. The molecule has 0 atom stereocenters. The third-order valence-electron chi connectivity index (χ3n) is 4.37. The number of hydrogen-bond acceptors (Lipinski definition) is 4. The Balaban J connectivity index is 1.53. The molecule has 0 aliphatic heterocycles. The van der Waals surface area contributed by atoms with Gasteiger partial charge in [-0.3, -0.25) is 14.5 Å². The van der Waals surface area contributed by atoms with Crippen LogP contribution in [0.25, 0.3) is 0 Å². The summed E-state index contributed by atoms with van der Waals surface area (Å²) in [4.78, 5) is 26.5. The minimum absolute atomic E-state index is 0.0882. The Morgan fingerprint density at radius 2 is 1.83 bits per heavy atom. The number of hydrogen-bond donors (Lipinski definition) is 2. The molecule has 1 aliphatic carbocycles. The number of benzene rings is 2. The number of nitrogens with one attached hydrogen (secondary N) is 2. The van der Waals surface area contributed by atoms with Crippen molar-refractivity contribution in [2.45, 2.75) is 32.0 Å². The van der Waals surface area contributed by atoms with Crippen molar-refractivity contribution in [3.05, 3.63) is 59.7 Å². The molecule has 2 aromatic rings. The van der Waals surface area contributed by atoms with Crippen LogP contribution >= 0.6 is 0 Å². The summed E-state index contributed by atoms with van der Waals surface area (Å²) in [7, 11) is 1.77. The number of nitrogens with zero attached hydrogens (tertiary/aromatic N) is 1. The average Bonchev–Trinajstić information content (AvgIpc) is 3.47. The predicted octanol–water partition coefficient (Wildman–Crippen LogP) is 3.25. The van der Waals surface area contributed by atoms with Crippen molar-refractivity contribution in [1.82, 2.24) is 10.2 Å². The van der Waals surface area contributed by atoms with Gasteiger partial charge in [0.2, 0.25) is 5.91 Å². The lowest BCUT2D eigenvalue weighted by molar-refractivity contribution is -0.117. The third kappa shape index (κ3) is 6.53. The molecule has 1 aliphatic rings. The van der Waals surface area contributed by atoms with Crippen LogP contribution < -0.4 is 15.4 Å². The minimum atomic E-state index is -2.86. The molecular weight excluding hydrogens is 380 g/mol. The van der Waals surface area contributed by atoms with Gasteiger partial charge in [0.05, 0.1) is 17.8 Å². The Labute approximate surface area is 167 Å². The lowest BCUT2D eigenvalue weighted by Crippen LogP contribution is -2.31. The molecule has 0 aromatic heterocycles. The van der Waals surface area contributed by atoms with E-state index in [0.29, 0.717) is 17.8 Å². The number of para-hydroxylation sites is 1. The van der Waals surface area contributed by atoms with E-state index in [-0.39, 0.29) is 30.2 Å². The summed E-state index contributed by atoms with van der Waals surface area (Å²) in [5.41, 5.74) is 1.76. The van der Waals surface area contributed by atoms with Crippen molar-refractivity contribution in [2.24, 2.45) is 0 Å². The van der Waals surface area contributed by atoms with Crippen LogP contribution in [0.1, 0.15) is 28.8 Å². The highest BCUT2D eigenvalue weighted by molar-refractivity contribution is 6.04. The molecule has 2 N–H and O–H groups in total. The van der Waals surface area contributed by atoms with E-state index in [4.69, 9.17) is 0 Å². The van der Waals surface area contributed by atoms with Crippen LogP contribution in [0.15, 0.2) is 48.5 Å². The molecule has 8 heteroatoms. The number of likely N-dealkylation sites (N-methyl/N-ethyl adjacent to an activating group) is 1. The number of amides is 2. The quantitative estimate of drug-likeness (QED) is 0.674. The SMILES string of the molecule is CN(CC(=O)Nc1ccccc1C(=O)NC1CC1)Cc1ccc(OC(F)F)cc1. The van der Waals surface area contributed by atoms with Crippen molar-refractivity contribution in [1.29, 1.82) is 0 Å². The predicted molar refractivity (Wildman–Crippen MR) is 105 cm³/mol. The molecule has 1 fully saturated rings. The lowest BCUT2D eigenvalue weighted by atomic mass is 10.1. The van der Waals surface area contributed by atoms with Gasteiger partial charge in [0.1, 0.15) is 5.75 Å². The largest absolute Gasteiger partial charge is 0.435 e. The molecule has 0 spiro atoms. The Bertz CT molecular complexity index is 855. The Morgan fingerprint density at radius 3 is 2.48 bits per heavy atom. The topological polar surface area (TPSA) is 70.7 Å². The monoisotopic (exact) mass is 403 g/mol. The molecule has 6 nitrogen and oxygen atoms in total. The second-order valence-electron chi connectivity index (χ2n) is 7.04. The number of anilines is 1. The Hall–Kier alpha value is -3.00. The molecule has 0 unspecified atom stereocenters. The maximum absolute atomic E-state index is 12.4. The number of ether oxygens (including phenoxy) is 1. The smallest absolute Gasteiger partial charge is 0.387 e. The van der Waals surface area contributed by atoms with Crippen LogP contribution in [-0.4, -0.2) is 43.0 Å². The third-order valence-corrected chi connectivity index (χ3v) is 4.37. The van der Waals surface area contributed by atoms with Crippen LogP contribution in [0.5, 0.6) is 5.75 Å². The van der Waals surface area contributed by atoms with E-state index in [1.54, 1.807) is 48.3 Å². The lowest BCUT2D eigenvalue weighted by Gasteiger charge is -2.17. The highest BCUT2D eigenvalue weighted by Gasteiger charge is 2.25. The first-order chi connectivity index (χ1) is 13.9. The van der Waals surface area contributed by atoms with Crippen molar-refractivity contribution >= 4 is 17.5 Å². The van der Waals surface area contributed by atoms with Crippen LogP contribution in [0.2, 0.25) is 0 Å². The highest BCUT2D eigenvalue weighted by Crippen LogP contribution is 2.21. The van der Waals surface area contributed by atoms with Gasteiger partial charge in [0, 0.05) is 12.6 Å². The van der Waals surface area contributed by atoms with Gasteiger partial charge in [-0.25, -0.2) is 0 Å². The van der Waals surface area contributed by atoms with Gasteiger partial charge in [-0.1, -0.05) is 24.3 Å². The molecule has 1 saturated carbocycles. The summed E-state index contributed by atoms with van der Waals surface area (Å²) in [5, 5.41) is 5.70. The van der Waals surface area contributed by atoms with E-state index < -0.39 is 6.61 Å². The maximum Gasteiger partial charge on any atom is 0.387 e. The van der Waals surface area contributed by atoms with E-state index in [2.05, 4.69) is 15.4 Å². The van der Waals surface area contributed by atoms with Crippen molar-refractivity contribution in [3.8, 4) is 5.75 Å². The summed E-state index contributed by atoms with van der Waals surface area (Å²) in [6, 6.07) is 13.4. The zero-order valence-corrected chi connectivity index (χ0v) is 16.0. The molecule has 3 rings (SSSR count). The van der Waals surface area contributed by atoms with E-state index in [0.717, 1.165) is 18.4 Å². The standard InChI is InChI=1S/C21H23F2N3O3/c1-26(12-14-6-10-16(11-7-14)29-21(22)23)13-19(27)25-18-5-3-2-4-17(18)20(28)24-15-8-9-15/h2-7,10-11,15,21H,8-9,12-13H2,1H3,(H,24,28)(H,25,27). The summed E-state index contributed by atoms with van der Waals surface area (Å²) in [5.74, 6) is -0.357. The van der Waals surface area contributed by atoms with Gasteiger partial charge in [-0.2, -0.15) is 8.78 Å². The van der Waals surface area contributed by atoms with E-state index >= 15 is 0 Å². The number of rotatable bonds is 9. The minimum Gasteiger partial charge on any atom is -0.435 e. The summed E-state index contributed by atoms with van der Waals surface area (Å²) in [6.07, 6.45) is 1.97. The first-order valence-electron chi connectivity index (χ1n) is 9.33. The molecule has 2 aromatic carbocycles. The molecule has 0 radical (unpaired) electrons. The fourth-order valence-electron chi connectivity index (χ4n) is 2.86. The number of carbonyl (C=O) groups is 2. The first kappa shape index (κ1) is 20.7. The van der Waals surface area contributed by atoms with Crippen molar-refractivity contribution in [2.75, 3.05) is 18.9 Å². The molecule has 0 heterocycles. The maximum atomic E-state index is 12.4. The average molecular weight is 403 g/mol. The van der Waals surface area contributed by atoms with Gasteiger partial charge in [0.15, 0.2) is 0 Å². The molecular formula is C21H23F2N3O3. The fourth-order valence-corrected chi connectivity index (χ4v) is 2.86. The van der Waals surface area contributed by atoms with Crippen molar-refractivity contribution in [3.63, 3.8) is 0 Å². The number of alkyl halides is 2. The second-order valence-corrected chi connectivity index (χ2v) is 7.04. The zero-order chi connectivity index (χ0) is 20.8. The Kier molecular flexibility index (Phi) is 6.77. The number of halogens is 2. The molecule has 154 valence electrons. The van der Waals surface area contributed by atoms with Crippen LogP contribution in [0, 0.1) is 0 Å². The van der Waals surface area contributed by atoms with Gasteiger partial charge in [-0.05, 0) is 49.7 Å². The van der Waals surface area contributed by atoms with Crippen LogP contribution in [-0.2, 0) is 11.3 Å². The second kappa shape index (κ2) is 9.47. The van der Waals surface area contributed by atoms with Crippen LogP contribution in [0.4, 0.5) is 14.5 Å². The summed E-state index contributed by atoms with van der Waals surface area (Å²) < 4.78 is 28.7. The van der Waals surface area contributed by atoms with Crippen molar-refractivity contribution < 1.29 is 23.1 Å². The molecule has 2 amide bonds. The molecule has 29 heavy (non-hydrogen) atoms. The summed E-state index contributed by atoms with van der Waals surface area (Å²) in [6.45, 7) is -2.30. The van der Waals surface area contributed by atoms with Gasteiger partial charge < -0.3 is 15.4 Å². The summed E-state index contributed by atoms with van der Waals surface area (Å²) >= 11 is 0. The van der Waals surface area contributed by atoms with E-state index in [1.165, 1.54) is 12.1 Å². The number of carbonyl (C=O) groups excluding carboxylic acids is 2. The Morgan fingerprint density at radius 1 is 1.14 bits per heavy atom. The molecule has 0 bridgehead atoms. The highest BCUT2D eigenvalue weighted by atomic mass is 19.3. The first-order valence-corrected chi connectivity index (χ1v) is 9.33. The van der Waals surface area contributed by atoms with Gasteiger partial charge in [0.25, 0.3) is 5.91 Å². The normalized spacial score (nSPS) is 13.4. The van der Waals surface area contributed by atoms with Crippen LogP contribution in [0.3, 0.4) is 0 Å². The van der Waals surface area contributed by atoms with E-state index in [9.17, 15) is 18.4 Å². The van der Waals surface area contributed by atoms with E-state index in [1.807, 2.05) is 0 Å². The molecule has 0 saturated heterocycles. The van der Waals surface area contributed by atoms with Gasteiger partial charge >= 0.3 is 6.61 Å².